The van der Waals surface area contributed by atoms with E-state index >= 15 is 0 Å². The van der Waals surface area contributed by atoms with Gasteiger partial charge in [-0.05, 0) is 29.8 Å². The molecule has 126 valence electrons. The van der Waals surface area contributed by atoms with Crippen molar-refractivity contribution >= 4 is 6.09 Å². The van der Waals surface area contributed by atoms with Crippen molar-refractivity contribution in [2.75, 3.05) is 0 Å². The highest BCUT2D eigenvalue weighted by Gasteiger charge is 2.37. The third-order valence-electron chi connectivity index (χ3n) is 3.94. The molecule has 2 aromatic heterocycles. The first-order chi connectivity index (χ1) is 12.8. The number of benzene rings is 1. The van der Waals surface area contributed by atoms with Crippen LogP contribution in [0.1, 0.15) is 34.5 Å². The minimum atomic E-state index is -0.530. The van der Waals surface area contributed by atoms with Crippen LogP contribution in [0.15, 0.2) is 67.4 Å². The summed E-state index contributed by atoms with van der Waals surface area (Å²) in [5, 5.41) is 2.83. The minimum absolute atomic E-state index is 0.348. The summed E-state index contributed by atoms with van der Waals surface area (Å²) in [6.07, 6.45) is 7.18. The van der Waals surface area contributed by atoms with Gasteiger partial charge < -0.3 is 10.1 Å². The molecule has 1 aliphatic rings. The van der Waals surface area contributed by atoms with Gasteiger partial charge in [0.15, 0.2) is 6.10 Å². The van der Waals surface area contributed by atoms with Crippen LogP contribution >= 0.6 is 0 Å². The molecule has 0 saturated carbocycles. The van der Waals surface area contributed by atoms with Crippen molar-refractivity contribution in [2.45, 2.75) is 12.1 Å². The van der Waals surface area contributed by atoms with Crippen molar-refractivity contribution in [3.05, 3.63) is 89.8 Å². The lowest BCUT2D eigenvalue weighted by Gasteiger charge is -2.16. The summed E-state index contributed by atoms with van der Waals surface area (Å²) in [6, 6.07) is 11.1. The lowest BCUT2D eigenvalue weighted by Crippen LogP contribution is -2.20. The molecule has 0 unspecified atom stereocenters. The van der Waals surface area contributed by atoms with Crippen LogP contribution in [-0.2, 0) is 4.74 Å². The molecule has 0 spiro atoms. The third kappa shape index (κ3) is 3.37. The topological polar surface area (TPSA) is 77.0 Å². The van der Waals surface area contributed by atoms with Crippen LogP contribution in [0.25, 0.3) is 0 Å². The summed E-state index contributed by atoms with van der Waals surface area (Å²) in [4.78, 5) is 24.1. The van der Waals surface area contributed by atoms with E-state index in [9.17, 15) is 4.79 Å². The van der Waals surface area contributed by atoms with Gasteiger partial charge in [-0.3, -0.25) is 15.0 Å². The summed E-state index contributed by atoms with van der Waals surface area (Å²) in [5.41, 5.74) is 3.17. The average Bonchev–Trinajstić information content (AvgIpc) is 3.10. The van der Waals surface area contributed by atoms with E-state index in [2.05, 4.69) is 32.1 Å². The van der Waals surface area contributed by atoms with Crippen LogP contribution in [0.4, 0.5) is 4.79 Å². The molecule has 26 heavy (non-hydrogen) atoms. The predicted octanol–water partition coefficient (Wildman–Crippen LogP) is 2.79. The highest BCUT2D eigenvalue weighted by Crippen LogP contribution is 2.35. The van der Waals surface area contributed by atoms with E-state index in [1.807, 2.05) is 36.4 Å². The maximum atomic E-state index is 11.8. The van der Waals surface area contributed by atoms with Crippen molar-refractivity contribution in [1.82, 2.24) is 20.3 Å². The number of alkyl carbamates (subject to hydrolysis) is 1. The van der Waals surface area contributed by atoms with Crippen LogP contribution < -0.4 is 5.32 Å². The molecule has 1 aliphatic heterocycles. The van der Waals surface area contributed by atoms with Crippen LogP contribution in [0.2, 0.25) is 0 Å². The molecule has 6 heteroatoms. The first kappa shape index (κ1) is 15.8. The van der Waals surface area contributed by atoms with Crippen molar-refractivity contribution in [3.8, 4) is 11.8 Å². The van der Waals surface area contributed by atoms with Crippen molar-refractivity contribution in [3.63, 3.8) is 0 Å². The van der Waals surface area contributed by atoms with Gasteiger partial charge in [0.05, 0.1) is 6.20 Å². The van der Waals surface area contributed by atoms with Gasteiger partial charge in [0.25, 0.3) is 0 Å². The smallest absolute Gasteiger partial charge is 0.408 e. The van der Waals surface area contributed by atoms with E-state index in [4.69, 9.17) is 4.74 Å². The summed E-state index contributed by atoms with van der Waals surface area (Å²) < 4.78 is 5.39. The van der Waals surface area contributed by atoms with Gasteiger partial charge in [-0.1, -0.05) is 24.0 Å². The number of aromatic nitrogens is 3. The standard InChI is InChI=1S/C20H14N4O2/c25-20-24-18(19(26-20)17-13-22-9-10-23-17)16-5-1-3-14(11-16)6-7-15-4-2-8-21-12-15/h1-5,8-13,18-19H,(H,24,25)/t18-,19+/m0/s1. The molecule has 1 aromatic carbocycles. The maximum absolute atomic E-state index is 11.8. The highest BCUT2D eigenvalue weighted by atomic mass is 16.6. The number of hydrogen-bond donors (Lipinski definition) is 1. The number of carbonyl (C=O) groups is 1. The Labute approximate surface area is 150 Å². The molecule has 1 fully saturated rings. The molecule has 0 bridgehead atoms. The normalized spacial score (nSPS) is 18.4. The zero-order valence-corrected chi connectivity index (χ0v) is 13.7. The van der Waals surface area contributed by atoms with E-state index < -0.39 is 12.2 Å². The van der Waals surface area contributed by atoms with E-state index in [0.29, 0.717) is 5.69 Å². The summed E-state index contributed by atoms with van der Waals surface area (Å²) in [7, 11) is 0. The molecular weight excluding hydrogens is 328 g/mol. The number of nitrogens with one attached hydrogen (secondary N) is 1. The van der Waals surface area contributed by atoms with Gasteiger partial charge in [0.1, 0.15) is 11.7 Å². The Kier molecular flexibility index (Phi) is 4.27. The fraction of sp³-hybridized carbons (Fsp3) is 0.100. The Morgan fingerprint density at radius 2 is 1.81 bits per heavy atom. The first-order valence-electron chi connectivity index (χ1n) is 8.05. The Morgan fingerprint density at radius 3 is 2.62 bits per heavy atom. The molecule has 4 rings (SSSR count). The van der Waals surface area contributed by atoms with E-state index in [-0.39, 0.29) is 6.04 Å². The lowest BCUT2D eigenvalue weighted by atomic mass is 9.98. The number of pyridine rings is 1. The van der Waals surface area contributed by atoms with Crippen LogP contribution in [0.3, 0.4) is 0 Å². The summed E-state index contributed by atoms with van der Waals surface area (Å²) in [6.45, 7) is 0. The molecule has 3 aromatic rings. The van der Waals surface area contributed by atoms with E-state index in [0.717, 1.165) is 16.7 Å². The number of cyclic esters (lactones) is 1. The van der Waals surface area contributed by atoms with Gasteiger partial charge in [0.2, 0.25) is 0 Å². The molecule has 0 radical (unpaired) electrons. The van der Waals surface area contributed by atoms with Gasteiger partial charge in [-0.15, -0.1) is 0 Å². The number of rotatable bonds is 2. The molecule has 1 amide bonds. The second-order valence-corrected chi connectivity index (χ2v) is 5.70. The molecule has 6 nitrogen and oxygen atoms in total. The maximum Gasteiger partial charge on any atom is 0.408 e. The summed E-state index contributed by atoms with van der Waals surface area (Å²) in [5.74, 6) is 6.20. The Balaban J connectivity index is 1.63. The van der Waals surface area contributed by atoms with Crippen molar-refractivity contribution in [1.29, 1.82) is 0 Å². The molecule has 1 saturated heterocycles. The highest BCUT2D eigenvalue weighted by molar-refractivity contribution is 5.71. The van der Waals surface area contributed by atoms with Gasteiger partial charge in [-0.2, -0.15) is 0 Å². The van der Waals surface area contributed by atoms with Crippen molar-refractivity contribution in [2.24, 2.45) is 0 Å². The number of carbonyl (C=O) groups excluding carboxylic acids is 1. The second kappa shape index (κ2) is 7.03. The van der Waals surface area contributed by atoms with Gasteiger partial charge in [0, 0.05) is 35.9 Å². The van der Waals surface area contributed by atoms with E-state index in [1.54, 1.807) is 31.0 Å². The number of ether oxygens (including phenoxy) is 1. The lowest BCUT2D eigenvalue weighted by molar-refractivity contribution is 0.129. The molecule has 1 N–H and O–H groups in total. The van der Waals surface area contributed by atoms with Gasteiger partial charge >= 0.3 is 6.09 Å². The fourth-order valence-electron chi connectivity index (χ4n) is 2.76. The first-order valence-corrected chi connectivity index (χ1v) is 8.05. The third-order valence-corrected chi connectivity index (χ3v) is 3.94. The second-order valence-electron chi connectivity index (χ2n) is 5.70. The minimum Gasteiger partial charge on any atom is -0.437 e. The SMILES string of the molecule is O=C1N[C@@H](c2cccc(C#Cc3cccnc3)c2)[C@@H](c2cnccn2)O1. The monoisotopic (exact) mass is 342 g/mol. The van der Waals surface area contributed by atoms with Crippen LogP contribution in [0.5, 0.6) is 0 Å². The fourth-order valence-corrected chi connectivity index (χ4v) is 2.76. The van der Waals surface area contributed by atoms with Crippen molar-refractivity contribution < 1.29 is 9.53 Å². The Hall–Kier alpha value is -3.72. The van der Waals surface area contributed by atoms with E-state index in [1.165, 1.54) is 0 Å². The van der Waals surface area contributed by atoms with Crippen LogP contribution in [0, 0.1) is 11.8 Å². The Bertz CT molecular complexity index is 981. The quantitative estimate of drug-likeness (QED) is 0.725. The van der Waals surface area contributed by atoms with Gasteiger partial charge in [-0.25, -0.2) is 4.79 Å². The zero-order chi connectivity index (χ0) is 17.8. The Morgan fingerprint density at radius 1 is 0.962 bits per heavy atom. The average molecular weight is 342 g/mol. The predicted molar refractivity (Wildman–Crippen MR) is 93.8 cm³/mol. The molecule has 3 heterocycles. The number of amides is 1. The zero-order valence-electron chi connectivity index (χ0n) is 13.7. The summed E-state index contributed by atoms with van der Waals surface area (Å²) >= 11 is 0. The molecule has 0 aliphatic carbocycles. The largest absolute Gasteiger partial charge is 0.437 e. The number of nitrogens with zero attached hydrogens (tertiary/aromatic N) is 3. The molecule has 2 atom stereocenters. The molecular formula is C20H14N4O2. The van der Waals surface area contributed by atoms with Crippen LogP contribution in [-0.4, -0.2) is 21.0 Å². The number of hydrogen-bond acceptors (Lipinski definition) is 5.